The standard InChI is InChI=1S/C51H34N2/c1-33-14-11-26-44-45-28-29-48-49(51(45)53(50(33)44)38-19-3-2-4-20-38)46-23-9-10-27-47(46)52(48)39-31-36(42-24-12-17-34-15-5-7-21-40(34)42)30-37(32-39)43-25-13-18-35-16-6-8-22-41(35)43/h2-32H,1H3. The molecular formula is C51H34N2. The fraction of sp³-hybridized carbons (Fsp3) is 0.0196. The van der Waals surface area contributed by atoms with Gasteiger partial charge in [-0.05, 0) is 98.8 Å². The molecule has 11 aromatic rings. The first-order chi connectivity index (χ1) is 26.2. The molecule has 9 aromatic carbocycles. The summed E-state index contributed by atoms with van der Waals surface area (Å²) in [5, 5.41) is 10.0. The number of benzene rings is 9. The Morgan fingerprint density at radius 2 is 0.887 bits per heavy atom. The molecule has 0 saturated carbocycles. The van der Waals surface area contributed by atoms with Crippen LogP contribution in [0.2, 0.25) is 0 Å². The summed E-state index contributed by atoms with van der Waals surface area (Å²) < 4.78 is 4.99. The topological polar surface area (TPSA) is 9.86 Å². The van der Waals surface area contributed by atoms with Gasteiger partial charge < -0.3 is 9.13 Å². The lowest BCUT2D eigenvalue weighted by atomic mass is 9.92. The maximum Gasteiger partial charge on any atom is 0.0641 e. The van der Waals surface area contributed by atoms with E-state index in [-0.39, 0.29) is 0 Å². The quantitative estimate of drug-likeness (QED) is 0.176. The van der Waals surface area contributed by atoms with Crippen molar-refractivity contribution in [2.45, 2.75) is 6.92 Å². The molecule has 2 aromatic heterocycles. The highest BCUT2D eigenvalue weighted by atomic mass is 15.0. The summed E-state index contributed by atoms with van der Waals surface area (Å²) >= 11 is 0. The Balaban J connectivity index is 1.29. The molecule has 0 radical (unpaired) electrons. The van der Waals surface area contributed by atoms with E-state index in [1.807, 2.05) is 0 Å². The molecule has 0 fully saturated rings. The zero-order valence-corrected chi connectivity index (χ0v) is 29.3. The smallest absolute Gasteiger partial charge is 0.0641 e. The van der Waals surface area contributed by atoms with E-state index >= 15 is 0 Å². The van der Waals surface area contributed by atoms with Crippen molar-refractivity contribution in [3.05, 3.63) is 194 Å². The van der Waals surface area contributed by atoms with Gasteiger partial charge in [-0.15, -0.1) is 0 Å². The molecule has 0 unspecified atom stereocenters. The van der Waals surface area contributed by atoms with Crippen molar-refractivity contribution in [3.63, 3.8) is 0 Å². The molecule has 0 aliphatic rings. The van der Waals surface area contributed by atoms with Crippen LogP contribution in [-0.2, 0) is 0 Å². The van der Waals surface area contributed by atoms with Crippen LogP contribution in [0.5, 0.6) is 0 Å². The predicted molar refractivity (Wildman–Crippen MR) is 226 cm³/mol. The van der Waals surface area contributed by atoms with Crippen molar-refractivity contribution in [1.29, 1.82) is 0 Å². The van der Waals surface area contributed by atoms with Crippen LogP contribution in [-0.4, -0.2) is 9.13 Å². The number of aromatic nitrogens is 2. The largest absolute Gasteiger partial charge is 0.309 e. The van der Waals surface area contributed by atoms with Gasteiger partial charge in [0.2, 0.25) is 0 Å². The summed E-state index contributed by atoms with van der Waals surface area (Å²) in [6, 6.07) is 69.1. The molecule has 53 heavy (non-hydrogen) atoms. The van der Waals surface area contributed by atoms with Gasteiger partial charge in [0, 0.05) is 32.9 Å². The first-order valence-electron chi connectivity index (χ1n) is 18.4. The minimum atomic E-state index is 1.14. The van der Waals surface area contributed by atoms with Crippen LogP contribution in [0.15, 0.2) is 188 Å². The Labute approximate surface area is 307 Å². The zero-order valence-electron chi connectivity index (χ0n) is 29.3. The SMILES string of the molecule is Cc1cccc2c3ccc4c(c5ccccc5n4-c4cc(-c5cccc6ccccc56)cc(-c5cccc6ccccc56)c4)c3n(-c3ccccc3)c12. The molecule has 0 amide bonds. The van der Waals surface area contributed by atoms with Gasteiger partial charge in [0.05, 0.1) is 22.1 Å². The fourth-order valence-electron chi connectivity index (χ4n) is 8.90. The molecule has 2 heteroatoms. The number of para-hydroxylation sites is 3. The van der Waals surface area contributed by atoms with Crippen LogP contribution < -0.4 is 0 Å². The molecule has 2 heterocycles. The van der Waals surface area contributed by atoms with E-state index in [1.54, 1.807) is 0 Å². The zero-order chi connectivity index (χ0) is 35.0. The van der Waals surface area contributed by atoms with Gasteiger partial charge in [-0.3, -0.25) is 0 Å². The van der Waals surface area contributed by atoms with E-state index in [1.165, 1.54) is 98.7 Å². The van der Waals surface area contributed by atoms with Crippen LogP contribution in [0.4, 0.5) is 0 Å². The number of aryl methyl sites for hydroxylation is 1. The third kappa shape index (κ3) is 4.46. The summed E-state index contributed by atoms with van der Waals surface area (Å²) in [6.07, 6.45) is 0. The molecule has 0 spiro atoms. The summed E-state index contributed by atoms with van der Waals surface area (Å²) in [6.45, 7) is 2.23. The van der Waals surface area contributed by atoms with Gasteiger partial charge in [0.1, 0.15) is 0 Å². The van der Waals surface area contributed by atoms with Crippen molar-refractivity contribution in [2.75, 3.05) is 0 Å². The minimum Gasteiger partial charge on any atom is -0.309 e. The van der Waals surface area contributed by atoms with E-state index in [2.05, 4.69) is 204 Å². The van der Waals surface area contributed by atoms with Crippen LogP contribution in [0.1, 0.15) is 5.56 Å². The molecule has 0 aliphatic carbocycles. The monoisotopic (exact) mass is 674 g/mol. The number of nitrogens with zero attached hydrogens (tertiary/aromatic N) is 2. The Kier molecular flexibility index (Phi) is 6.50. The summed E-state index contributed by atoms with van der Waals surface area (Å²) in [5.74, 6) is 0. The maximum atomic E-state index is 2.49. The van der Waals surface area contributed by atoms with Crippen LogP contribution in [0.3, 0.4) is 0 Å². The predicted octanol–water partition coefficient (Wildman–Crippen LogP) is 13.8. The van der Waals surface area contributed by atoms with E-state index in [9.17, 15) is 0 Å². The second-order valence-corrected chi connectivity index (χ2v) is 14.2. The third-order valence-corrected chi connectivity index (χ3v) is 11.2. The third-order valence-electron chi connectivity index (χ3n) is 11.2. The summed E-state index contributed by atoms with van der Waals surface area (Å²) in [4.78, 5) is 0. The van der Waals surface area contributed by atoms with Crippen molar-refractivity contribution >= 4 is 65.2 Å². The van der Waals surface area contributed by atoms with Crippen LogP contribution >= 0.6 is 0 Å². The van der Waals surface area contributed by atoms with Gasteiger partial charge in [0.25, 0.3) is 0 Å². The Bertz CT molecular complexity index is 3120. The van der Waals surface area contributed by atoms with Gasteiger partial charge in [-0.2, -0.15) is 0 Å². The Morgan fingerprint density at radius 1 is 0.340 bits per heavy atom. The summed E-state index contributed by atoms with van der Waals surface area (Å²) in [7, 11) is 0. The average Bonchev–Trinajstić information content (AvgIpc) is 3.74. The second-order valence-electron chi connectivity index (χ2n) is 14.2. The number of fused-ring (bicyclic) bond motifs is 9. The van der Waals surface area contributed by atoms with E-state index in [0.29, 0.717) is 0 Å². The molecule has 2 nitrogen and oxygen atoms in total. The molecule has 0 atom stereocenters. The average molecular weight is 675 g/mol. The van der Waals surface area contributed by atoms with Gasteiger partial charge in [-0.25, -0.2) is 0 Å². The van der Waals surface area contributed by atoms with Crippen molar-refractivity contribution in [2.24, 2.45) is 0 Å². The second kappa shape index (κ2) is 11.6. The fourth-order valence-corrected chi connectivity index (χ4v) is 8.90. The van der Waals surface area contributed by atoms with Crippen molar-refractivity contribution in [3.8, 4) is 33.6 Å². The molecule has 0 saturated heterocycles. The molecule has 0 aliphatic heterocycles. The minimum absolute atomic E-state index is 1.14. The normalized spacial score (nSPS) is 11.9. The van der Waals surface area contributed by atoms with E-state index < -0.39 is 0 Å². The maximum absolute atomic E-state index is 2.49. The molecule has 248 valence electrons. The summed E-state index contributed by atoms with van der Waals surface area (Å²) in [5.41, 5.74) is 13.3. The van der Waals surface area contributed by atoms with Gasteiger partial charge in [-0.1, -0.05) is 146 Å². The number of hydrogen-bond acceptors (Lipinski definition) is 0. The number of hydrogen-bond donors (Lipinski definition) is 0. The van der Waals surface area contributed by atoms with Gasteiger partial charge in [0.15, 0.2) is 0 Å². The van der Waals surface area contributed by atoms with Crippen molar-refractivity contribution < 1.29 is 0 Å². The lowest BCUT2D eigenvalue weighted by Crippen LogP contribution is -1.97. The lowest BCUT2D eigenvalue weighted by molar-refractivity contribution is 1.17. The van der Waals surface area contributed by atoms with Gasteiger partial charge >= 0.3 is 0 Å². The molecular weight excluding hydrogens is 641 g/mol. The van der Waals surface area contributed by atoms with Crippen LogP contribution in [0.25, 0.3) is 98.8 Å². The lowest BCUT2D eigenvalue weighted by Gasteiger charge is -2.16. The highest BCUT2D eigenvalue weighted by Gasteiger charge is 2.22. The van der Waals surface area contributed by atoms with E-state index in [4.69, 9.17) is 0 Å². The molecule has 0 N–H and O–H groups in total. The Hall–Kier alpha value is -6.90. The molecule has 0 bridgehead atoms. The number of rotatable bonds is 4. The Morgan fingerprint density at radius 3 is 1.58 bits per heavy atom. The highest BCUT2D eigenvalue weighted by molar-refractivity contribution is 6.26. The van der Waals surface area contributed by atoms with Crippen LogP contribution in [0, 0.1) is 6.92 Å². The molecule has 11 rings (SSSR count). The first-order valence-corrected chi connectivity index (χ1v) is 18.4. The van der Waals surface area contributed by atoms with Crippen molar-refractivity contribution in [1.82, 2.24) is 9.13 Å². The highest BCUT2D eigenvalue weighted by Crippen LogP contribution is 2.44. The first kappa shape index (κ1) is 29.8. The van der Waals surface area contributed by atoms with E-state index in [0.717, 1.165) is 5.69 Å².